The van der Waals surface area contributed by atoms with Gasteiger partial charge in [0, 0.05) is 12.1 Å². The monoisotopic (exact) mass is 305 g/mol. The quantitative estimate of drug-likeness (QED) is 0.822. The lowest BCUT2D eigenvalue weighted by Crippen LogP contribution is -2.35. The van der Waals surface area contributed by atoms with E-state index in [4.69, 9.17) is 14.0 Å². The summed E-state index contributed by atoms with van der Waals surface area (Å²) in [6, 6.07) is 6.04. The van der Waals surface area contributed by atoms with Crippen LogP contribution in [0.25, 0.3) is 0 Å². The third-order valence-electron chi connectivity index (χ3n) is 2.86. The van der Waals surface area contributed by atoms with Gasteiger partial charge in [0.2, 0.25) is 0 Å². The Labute approximate surface area is 116 Å². The lowest BCUT2D eigenvalue weighted by atomic mass is 10.0. The number of hydrogen-bond donors (Lipinski definition) is 2. The zero-order chi connectivity index (χ0) is 15.0. The molecule has 0 amide bonds. The van der Waals surface area contributed by atoms with Gasteiger partial charge in [-0.3, -0.25) is 4.55 Å². The minimum Gasteiger partial charge on any atom is -0.343 e. The van der Waals surface area contributed by atoms with E-state index in [1.54, 1.807) is 32.0 Å². The molecule has 0 aromatic heterocycles. The van der Waals surface area contributed by atoms with Crippen LogP contribution in [0.15, 0.2) is 24.3 Å². The van der Waals surface area contributed by atoms with Crippen molar-refractivity contribution in [2.75, 3.05) is 6.54 Å². The Balaban J connectivity index is 2.23. The van der Waals surface area contributed by atoms with Crippen LogP contribution in [0.5, 0.6) is 0 Å². The van der Waals surface area contributed by atoms with Gasteiger partial charge in [-0.15, -0.1) is 0 Å². The van der Waals surface area contributed by atoms with Crippen molar-refractivity contribution in [2.24, 2.45) is 0 Å². The average Bonchev–Trinajstić information content (AvgIpc) is 2.62. The van der Waals surface area contributed by atoms with E-state index >= 15 is 0 Å². The molecule has 6 nitrogen and oxygen atoms in total. The van der Waals surface area contributed by atoms with Gasteiger partial charge < -0.3 is 9.47 Å². The van der Waals surface area contributed by atoms with Crippen molar-refractivity contribution < 1.29 is 26.8 Å². The summed E-state index contributed by atoms with van der Waals surface area (Å²) in [5.74, 6) is -1.44. The largest absolute Gasteiger partial charge is 0.343 e. The molecule has 20 heavy (non-hydrogen) atoms. The second-order valence-electron chi connectivity index (χ2n) is 4.94. The second-order valence-corrected chi connectivity index (χ2v) is 6.18. The molecule has 2 N–H and O–H groups in total. The molecule has 1 aliphatic rings. The number of halogens is 1. The van der Waals surface area contributed by atoms with Crippen molar-refractivity contribution in [3.8, 4) is 0 Å². The highest BCUT2D eigenvalue weighted by atomic mass is 32.2. The van der Waals surface area contributed by atoms with E-state index < -0.39 is 34.1 Å². The lowest BCUT2D eigenvalue weighted by Gasteiger charge is -2.17. The summed E-state index contributed by atoms with van der Waals surface area (Å²) in [7, 11) is -4.34. The highest BCUT2D eigenvalue weighted by molar-refractivity contribution is 7.83. The van der Waals surface area contributed by atoms with Crippen molar-refractivity contribution in [3.63, 3.8) is 0 Å². The van der Waals surface area contributed by atoms with Gasteiger partial charge in [0.15, 0.2) is 5.79 Å². The minimum absolute atomic E-state index is 0.221. The molecular weight excluding hydrogens is 289 g/mol. The summed E-state index contributed by atoms with van der Waals surface area (Å²) in [5.41, 5.74) is 0.278. The minimum atomic E-state index is -4.34. The molecule has 2 unspecified atom stereocenters. The van der Waals surface area contributed by atoms with Crippen LogP contribution >= 0.6 is 0 Å². The fraction of sp³-hybridized carbons (Fsp3) is 0.500. The van der Waals surface area contributed by atoms with Gasteiger partial charge in [-0.25, -0.2) is 4.39 Å². The molecule has 112 valence electrons. The third kappa shape index (κ3) is 3.74. The van der Waals surface area contributed by atoms with Gasteiger partial charge in [0.05, 0.1) is 0 Å². The summed E-state index contributed by atoms with van der Waals surface area (Å²) >= 11 is 0. The van der Waals surface area contributed by atoms with E-state index in [2.05, 4.69) is 0 Å². The molecule has 2 atom stereocenters. The fourth-order valence-electron chi connectivity index (χ4n) is 2.14. The molecule has 1 heterocycles. The van der Waals surface area contributed by atoms with Crippen LogP contribution in [0.4, 0.5) is 4.39 Å². The molecule has 0 radical (unpaired) electrons. The van der Waals surface area contributed by atoms with Crippen LogP contribution in [0.1, 0.15) is 25.5 Å². The predicted molar refractivity (Wildman–Crippen MR) is 68.7 cm³/mol. The molecule has 2 rings (SSSR count). The maximum Gasteiger partial charge on any atom is 0.333 e. The maximum atomic E-state index is 13.8. The molecule has 8 heteroatoms. The Morgan fingerprint density at radius 3 is 2.60 bits per heavy atom. The van der Waals surface area contributed by atoms with Crippen LogP contribution in [0.3, 0.4) is 0 Å². The van der Waals surface area contributed by atoms with Gasteiger partial charge in [-0.2, -0.15) is 13.1 Å². The van der Waals surface area contributed by atoms with E-state index in [0.717, 1.165) is 0 Å². The predicted octanol–water partition coefficient (Wildman–Crippen LogP) is 1.41. The topological polar surface area (TPSA) is 84.9 Å². The van der Waals surface area contributed by atoms with Crippen LogP contribution < -0.4 is 4.72 Å². The Bertz CT molecular complexity index is 589. The summed E-state index contributed by atoms with van der Waals surface area (Å²) in [5, 5.41) is 0. The number of rotatable bonds is 4. The maximum absolute atomic E-state index is 13.8. The van der Waals surface area contributed by atoms with E-state index in [-0.39, 0.29) is 12.1 Å². The van der Waals surface area contributed by atoms with E-state index in [0.29, 0.717) is 0 Å². The molecule has 0 aliphatic carbocycles. The highest BCUT2D eigenvalue weighted by Crippen LogP contribution is 2.38. The van der Waals surface area contributed by atoms with Crippen LogP contribution in [0, 0.1) is 5.82 Å². The summed E-state index contributed by atoms with van der Waals surface area (Å²) < 4.78 is 57.1. The molecule has 1 aromatic rings. The van der Waals surface area contributed by atoms with Gasteiger partial charge in [0.1, 0.15) is 18.0 Å². The molecular formula is C12H16FNO5S. The van der Waals surface area contributed by atoms with E-state index in [1.807, 2.05) is 4.72 Å². The second kappa shape index (κ2) is 5.38. The van der Waals surface area contributed by atoms with Crippen molar-refractivity contribution in [2.45, 2.75) is 31.8 Å². The van der Waals surface area contributed by atoms with Gasteiger partial charge in [-0.1, -0.05) is 18.2 Å². The molecule has 0 bridgehead atoms. The number of benzene rings is 1. The average molecular weight is 305 g/mol. The highest BCUT2D eigenvalue weighted by Gasteiger charge is 2.43. The smallest absolute Gasteiger partial charge is 0.333 e. The SMILES string of the molecule is CC1(C)OC(CNS(=O)(=O)O)C(c2ccccc2F)O1. The number of nitrogens with one attached hydrogen (secondary N) is 1. The van der Waals surface area contributed by atoms with E-state index in [9.17, 15) is 12.8 Å². The summed E-state index contributed by atoms with van der Waals surface area (Å²) in [4.78, 5) is 0. The lowest BCUT2D eigenvalue weighted by molar-refractivity contribution is -0.146. The number of hydrogen-bond acceptors (Lipinski definition) is 4. The molecule has 1 fully saturated rings. The van der Waals surface area contributed by atoms with Gasteiger partial charge >= 0.3 is 10.3 Å². The zero-order valence-corrected chi connectivity index (χ0v) is 11.9. The summed E-state index contributed by atoms with van der Waals surface area (Å²) in [6.07, 6.45) is -1.51. The zero-order valence-electron chi connectivity index (χ0n) is 11.0. The normalized spacial score (nSPS) is 25.8. The standard InChI is InChI=1S/C12H16FNO5S/c1-12(2)18-10(7-14-20(15,16)17)11(19-12)8-5-3-4-6-9(8)13/h3-6,10-11,14H,7H2,1-2H3,(H,15,16,17). The first-order valence-electron chi connectivity index (χ1n) is 6.00. The van der Waals surface area contributed by atoms with Crippen molar-refractivity contribution >= 4 is 10.3 Å². The molecule has 0 saturated carbocycles. The Kier molecular flexibility index (Phi) is 4.12. The Hall–Kier alpha value is -1.06. The van der Waals surface area contributed by atoms with Crippen molar-refractivity contribution in [3.05, 3.63) is 35.6 Å². The molecule has 1 aliphatic heterocycles. The fourth-order valence-corrected chi connectivity index (χ4v) is 2.52. The number of ether oxygens (including phenoxy) is 2. The first kappa shape index (κ1) is 15.3. The first-order chi connectivity index (χ1) is 9.18. The van der Waals surface area contributed by atoms with E-state index in [1.165, 1.54) is 6.07 Å². The van der Waals surface area contributed by atoms with Crippen LogP contribution in [0.2, 0.25) is 0 Å². The van der Waals surface area contributed by atoms with Crippen molar-refractivity contribution in [1.29, 1.82) is 0 Å². The van der Waals surface area contributed by atoms with Crippen molar-refractivity contribution in [1.82, 2.24) is 4.72 Å². The van der Waals surface area contributed by atoms with Crippen LogP contribution in [-0.4, -0.2) is 31.4 Å². The van der Waals surface area contributed by atoms with Crippen LogP contribution in [-0.2, 0) is 19.8 Å². The molecule has 1 aromatic carbocycles. The Morgan fingerprint density at radius 1 is 1.35 bits per heavy atom. The first-order valence-corrected chi connectivity index (χ1v) is 7.44. The molecule has 0 spiro atoms. The molecule has 1 saturated heterocycles. The Morgan fingerprint density at radius 2 is 2.00 bits per heavy atom. The van der Waals surface area contributed by atoms with Gasteiger partial charge in [-0.05, 0) is 19.9 Å². The third-order valence-corrected chi connectivity index (χ3v) is 3.39. The van der Waals surface area contributed by atoms with Gasteiger partial charge in [0.25, 0.3) is 0 Å². The summed E-state index contributed by atoms with van der Waals surface area (Å²) in [6.45, 7) is 3.07.